The van der Waals surface area contributed by atoms with Crippen LogP contribution in [0.1, 0.15) is 32.3 Å². The zero-order valence-electron chi connectivity index (χ0n) is 15.6. The van der Waals surface area contributed by atoms with Crippen LogP contribution in [0.2, 0.25) is 10.0 Å². The first kappa shape index (κ1) is 20.9. The van der Waals surface area contributed by atoms with Gasteiger partial charge in [-0.1, -0.05) is 67.4 Å². The minimum atomic E-state index is -3.96. The molecular formula is C21H21Cl2NO3S. The number of rotatable bonds is 4. The summed E-state index contributed by atoms with van der Waals surface area (Å²) in [7, 11) is -3.96. The number of amides is 1. The van der Waals surface area contributed by atoms with E-state index in [4.69, 9.17) is 23.2 Å². The maximum Gasteiger partial charge on any atom is 0.264 e. The number of benzene rings is 2. The average Bonchev–Trinajstić information content (AvgIpc) is 2.64. The van der Waals surface area contributed by atoms with Gasteiger partial charge in [0.15, 0.2) is 0 Å². The highest BCUT2D eigenvalue weighted by Gasteiger charge is 2.40. The molecule has 148 valence electrons. The smallest absolute Gasteiger partial charge is 0.264 e. The van der Waals surface area contributed by atoms with Gasteiger partial charge < -0.3 is 0 Å². The van der Waals surface area contributed by atoms with Crippen LogP contribution in [-0.4, -0.2) is 14.3 Å². The van der Waals surface area contributed by atoms with E-state index in [-0.39, 0.29) is 4.90 Å². The van der Waals surface area contributed by atoms with E-state index in [0.717, 1.165) is 5.56 Å². The van der Waals surface area contributed by atoms with Crippen molar-refractivity contribution in [1.82, 2.24) is 4.72 Å². The summed E-state index contributed by atoms with van der Waals surface area (Å²) in [5, 5.41) is 0.829. The lowest BCUT2D eigenvalue weighted by Gasteiger charge is -2.38. The van der Waals surface area contributed by atoms with Crippen molar-refractivity contribution < 1.29 is 13.2 Å². The summed E-state index contributed by atoms with van der Waals surface area (Å²) in [6.45, 7) is 4.03. The lowest BCUT2D eigenvalue weighted by molar-refractivity contribution is -0.116. The zero-order valence-corrected chi connectivity index (χ0v) is 17.9. The molecule has 0 unspecified atom stereocenters. The summed E-state index contributed by atoms with van der Waals surface area (Å²) >= 11 is 12.2. The third-order valence-electron chi connectivity index (χ3n) is 5.16. The normalized spacial score (nSPS) is 22.4. The quantitative estimate of drug-likeness (QED) is 0.722. The van der Waals surface area contributed by atoms with Crippen molar-refractivity contribution in [1.29, 1.82) is 0 Å². The fourth-order valence-electron chi connectivity index (χ4n) is 3.73. The summed E-state index contributed by atoms with van der Waals surface area (Å²) in [5.41, 5.74) is 0.567. The molecular weight excluding hydrogens is 417 g/mol. The Morgan fingerprint density at radius 1 is 1.11 bits per heavy atom. The molecule has 1 amide bonds. The van der Waals surface area contributed by atoms with Gasteiger partial charge >= 0.3 is 0 Å². The molecule has 0 saturated carbocycles. The predicted molar refractivity (Wildman–Crippen MR) is 112 cm³/mol. The molecule has 28 heavy (non-hydrogen) atoms. The van der Waals surface area contributed by atoms with E-state index < -0.39 is 21.3 Å². The van der Waals surface area contributed by atoms with Crippen molar-refractivity contribution in [3.63, 3.8) is 0 Å². The Morgan fingerprint density at radius 3 is 2.43 bits per heavy atom. The van der Waals surface area contributed by atoms with Crippen LogP contribution in [0.15, 0.2) is 65.1 Å². The third kappa shape index (κ3) is 4.12. The molecule has 2 atom stereocenters. The van der Waals surface area contributed by atoms with Gasteiger partial charge in [-0.25, -0.2) is 13.1 Å². The summed E-state index contributed by atoms with van der Waals surface area (Å²) in [4.78, 5) is 13.1. The first-order chi connectivity index (χ1) is 13.1. The molecule has 0 heterocycles. The van der Waals surface area contributed by atoms with Gasteiger partial charge in [0.05, 0.1) is 14.9 Å². The van der Waals surface area contributed by atoms with Crippen LogP contribution >= 0.6 is 23.2 Å². The molecule has 1 aliphatic rings. The van der Waals surface area contributed by atoms with Crippen LogP contribution in [0.4, 0.5) is 0 Å². The number of allylic oxidation sites excluding steroid dienone is 1. The zero-order chi connectivity index (χ0) is 20.5. The summed E-state index contributed by atoms with van der Waals surface area (Å²) in [6, 6.07) is 13.1. The Labute approximate surface area is 175 Å². The standard InChI is InChI=1S/C21H21Cl2NO3S/c1-14-8-10-17(20(25)24-28(26,27)16-6-4-3-5-7-16)21(2,13-14)15-9-11-18(22)19(23)12-15/h3-7,9-12,14H,8,13H2,1-2H3,(H,24,25)/t14-,21-/m0/s1. The second kappa shape index (κ2) is 7.90. The second-order valence-electron chi connectivity index (χ2n) is 7.37. The number of hydrogen-bond donors (Lipinski definition) is 1. The van der Waals surface area contributed by atoms with Crippen LogP contribution in [0, 0.1) is 5.92 Å². The first-order valence-corrected chi connectivity index (χ1v) is 11.2. The monoisotopic (exact) mass is 437 g/mol. The Bertz CT molecular complexity index is 1030. The maximum atomic E-state index is 13.0. The molecule has 3 rings (SSSR count). The molecule has 2 aromatic carbocycles. The number of nitrogens with one attached hydrogen (secondary N) is 1. The van der Waals surface area contributed by atoms with Crippen LogP contribution < -0.4 is 4.72 Å². The Balaban J connectivity index is 1.98. The van der Waals surface area contributed by atoms with Crippen molar-refractivity contribution in [3.8, 4) is 0 Å². The van der Waals surface area contributed by atoms with Crippen molar-refractivity contribution in [2.45, 2.75) is 37.0 Å². The van der Waals surface area contributed by atoms with Gasteiger partial charge in [-0.3, -0.25) is 4.79 Å². The molecule has 1 aliphatic carbocycles. The van der Waals surface area contributed by atoms with E-state index in [2.05, 4.69) is 11.6 Å². The van der Waals surface area contributed by atoms with E-state index in [9.17, 15) is 13.2 Å². The van der Waals surface area contributed by atoms with E-state index in [1.807, 2.05) is 19.1 Å². The van der Waals surface area contributed by atoms with Crippen molar-refractivity contribution in [3.05, 3.63) is 75.8 Å². The van der Waals surface area contributed by atoms with Gasteiger partial charge in [-0.05, 0) is 48.6 Å². The predicted octanol–water partition coefficient (Wildman–Crippen LogP) is 5.11. The van der Waals surface area contributed by atoms with Crippen molar-refractivity contribution in [2.75, 3.05) is 0 Å². The van der Waals surface area contributed by atoms with Crippen LogP contribution in [0.25, 0.3) is 0 Å². The summed E-state index contributed by atoms with van der Waals surface area (Å²) in [6.07, 6.45) is 3.22. The number of carbonyl (C=O) groups is 1. The minimum absolute atomic E-state index is 0.0457. The van der Waals surface area contributed by atoms with E-state index in [1.165, 1.54) is 12.1 Å². The van der Waals surface area contributed by atoms with Gasteiger partial charge in [0, 0.05) is 11.0 Å². The largest absolute Gasteiger partial charge is 0.269 e. The molecule has 4 nitrogen and oxygen atoms in total. The van der Waals surface area contributed by atoms with Gasteiger partial charge in [-0.2, -0.15) is 0 Å². The summed E-state index contributed by atoms with van der Waals surface area (Å²) < 4.78 is 27.4. The Kier molecular flexibility index (Phi) is 5.89. The highest BCUT2D eigenvalue weighted by atomic mass is 35.5. The number of carbonyl (C=O) groups excluding carboxylic acids is 1. The molecule has 2 aromatic rings. The molecule has 0 bridgehead atoms. The highest BCUT2D eigenvalue weighted by Crippen LogP contribution is 2.44. The average molecular weight is 438 g/mol. The van der Waals surface area contributed by atoms with Crippen LogP contribution in [0.3, 0.4) is 0 Å². The topological polar surface area (TPSA) is 63.2 Å². The number of hydrogen-bond acceptors (Lipinski definition) is 3. The molecule has 1 N–H and O–H groups in total. The minimum Gasteiger partial charge on any atom is -0.269 e. The van der Waals surface area contributed by atoms with E-state index in [0.29, 0.717) is 34.4 Å². The van der Waals surface area contributed by atoms with Gasteiger partial charge in [0.25, 0.3) is 15.9 Å². The van der Waals surface area contributed by atoms with Gasteiger partial charge in [0.2, 0.25) is 0 Å². The van der Waals surface area contributed by atoms with Gasteiger partial charge in [-0.15, -0.1) is 0 Å². The molecule has 0 aromatic heterocycles. The number of halogens is 2. The molecule has 0 aliphatic heterocycles. The molecule has 7 heteroatoms. The lowest BCUT2D eigenvalue weighted by atomic mass is 9.66. The fourth-order valence-corrected chi connectivity index (χ4v) is 5.01. The molecule has 0 fully saturated rings. The summed E-state index contributed by atoms with van der Waals surface area (Å²) in [5.74, 6) is -0.286. The molecule has 0 radical (unpaired) electrons. The number of sulfonamides is 1. The SMILES string of the molecule is C[C@H]1CC=C(C(=O)NS(=O)(=O)c2ccccc2)[C@](C)(c2ccc(Cl)c(Cl)c2)C1. The van der Waals surface area contributed by atoms with Crippen molar-refractivity contribution >= 4 is 39.1 Å². The fraction of sp³-hybridized carbons (Fsp3) is 0.286. The highest BCUT2D eigenvalue weighted by molar-refractivity contribution is 7.90. The second-order valence-corrected chi connectivity index (χ2v) is 9.87. The van der Waals surface area contributed by atoms with E-state index >= 15 is 0 Å². The van der Waals surface area contributed by atoms with Crippen molar-refractivity contribution in [2.24, 2.45) is 5.92 Å². The van der Waals surface area contributed by atoms with Crippen LogP contribution in [-0.2, 0) is 20.2 Å². The third-order valence-corrected chi connectivity index (χ3v) is 7.24. The van der Waals surface area contributed by atoms with Gasteiger partial charge in [0.1, 0.15) is 0 Å². The molecule has 0 spiro atoms. The lowest BCUT2D eigenvalue weighted by Crippen LogP contribution is -2.41. The first-order valence-electron chi connectivity index (χ1n) is 8.92. The maximum absolute atomic E-state index is 13.0. The Morgan fingerprint density at radius 2 is 1.79 bits per heavy atom. The van der Waals surface area contributed by atoms with E-state index in [1.54, 1.807) is 30.3 Å². The van der Waals surface area contributed by atoms with Crippen LogP contribution in [0.5, 0.6) is 0 Å². The Hall–Kier alpha value is -1.82. The molecule has 0 saturated heterocycles.